The predicted octanol–water partition coefficient (Wildman–Crippen LogP) is 8.74. The third kappa shape index (κ3) is 3.62. The lowest BCUT2D eigenvalue weighted by Gasteiger charge is -2.16. The Hall–Kier alpha value is -3.46. The van der Waals surface area contributed by atoms with Crippen LogP contribution in [0.4, 0.5) is 0 Å². The highest BCUT2D eigenvalue weighted by Crippen LogP contribution is 2.40. The van der Waals surface area contributed by atoms with Gasteiger partial charge in [-0.2, -0.15) is 0 Å². The Morgan fingerprint density at radius 2 is 0.970 bits per heavy atom. The van der Waals surface area contributed by atoms with Gasteiger partial charge >= 0.3 is 0 Å². The molecule has 0 saturated carbocycles. The number of benzene rings is 4. The highest BCUT2D eigenvalue weighted by Gasteiger charge is 2.21. The molecule has 5 aromatic rings. The molecule has 2 atom stereocenters. The van der Waals surface area contributed by atoms with E-state index in [2.05, 4.69) is 111 Å². The van der Waals surface area contributed by atoms with Gasteiger partial charge in [0.1, 0.15) is 11.4 Å². The number of rotatable bonds is 6. The first-order chi connectivity index (χ1) is 16.1. The molecule has 0 aliphatic rings. The van der Waals surface area contributed by atoms with Crippen LogP contribution in [0.15, 0.2) is 77.4 Å². The monoisotopic (exact) mass is 434 g/mol. The lowest BCUT2D eigenvalue weighted by molar-refractivity contribution is 0.310. The van der Waals surface area contributed by atoms with Crippen molar-refractivity contribution in [1.29, 1.82) is 0 Å². The fourth-order valence-corrected chi connectivity index (χ4v) is 4.90. The molecular formula is C30H30N2O. The molecule has 0 aliphatic heterocycles. The zero-order chi connectivity index (χ0) is 22.9. The van der Waals surface area contributed by atoms with Crippen LogP contribution >= 0.6 is 0 Å². The maximum atomic E-state index is 5.35. The molecule has 0 N–H and O–H groups in total. The van der Waals surface area contributed by atoms with Gasteiger partial charge in [-0.25, -0.2) is 4.63 Å². The van der Waals surface area contributed by atoms with Crippen molar-refractivity contribution in [1.82, 2.24) is 10.3 Å². The summed E-state index contributed by atoms with van der Waals surface area (Å²) in [7, 11) is 0. The second kappa shape index (κ2) is 8.82. The Morgan fingerprint density at radius 1 is 0.576 bits per heavy atom. The normalized spacial score (nSPS) is 13.5. The van der Waals surface area contributed by atoms with E-state index in [9.17, 15) is 0 Å². The molecule has 0 radical (unpaired) electrons. The summed E-state index contributed by atoms with van der Waals surface area (Å²) in [6.07, 6.45) is 2.21. The SMILES string of the molecule is CCC(C)c1ccc(-c2nonc2-c2ccc(C(C)CC)c3ccccc23)c2ccccc12. The van der Waals surface area contributed by atoms with E-state index in [1.807, 2.05) is 0 Å². The maximum Gasteiger partial charge on any atom is 0.143 e. The molecule has 1 aromatic heterocycles. The maximum absolute atomic E-state index is 5.35. The Morgan fingerprint density at radius 3 is 1.36 bits per heavy atom. The summed E-state index contributed by atoms with van der Waals surface area (Å²) in [5.41, 5.74) is 6.45. The summed E-state index contributed by atoms with van der Waals surface area (Å²) in [6.45, 7) is 9.05. The van der Waals surface area contributed by atoms with Crippen molar-refractivity contribution in [3.05, 3.63) is 83.9 Å². The number of nitrogens with zero attached hydrogens (tertiary/aromatic N) is 2. The van der Waals surface area contributed by atoms with Crippen LogP contribution in [-0.2, 0) is 0 Å². The molecule has 4 aromatic carbocycles. The number of hydrogen-bond acceptors (Lipinski definition) is 3. The smallest absolute Gasteiger partial charge is 0.143 e. The van der Waals surface area contributed by atoms with Crippen LogP contribution < -0.4 is 0 Å². The summed E-state index contributed by atoms with van der Waals surface area (Å²) >= 11 is 0. The number of aromatic nitrogens is 2. The molecule has 1 heterocycles. The molecule has 2 unspecified atom stereocenters. The van der Waals surface area contributed by atoms with E-state index in [1.165, 1.54) is 32.7 Å². The Kier molecular flexibility index (Phi) is 5.72. The molecule has 0 fully saturated rings. The average molecular weight is 435 g/mol. The molecule has 3 heteroatoms. The molecule has 5 rings (SSSR count). The first-order valence-electron chi connectivity index (χ1n) is 12.0. The number of fused-ring (bicyclic) bond motifs is 2. The lowest BCUT2D eigenvalue weighted by atomic mass is 9.88. The fourth-order valence-electron chi connectivity index (χ4n) is 4.90. The van der Waals surface area contributed by atoms with Crippen molar-refractivity contribution < 1.29 is 4.63 Å². The second-order valence-corrected chi connectivity index (χ2v) is 9.08. The minimum absolute atomic E-state index is 0.496. The molecule has 0 amide bonds. The minimum atomic E-state index is 0.496. The largest absolute Gasteiger partial charge is 0.243 e. The fraction of sp³-hybridized carbons (Fsp3) is 0.267. The summed E-state index contributed by atoms with van der Waals surface area (Å²) in [4.78, 5) is 0. The van der Waals surface area contributed by atoms with Crippen molar-refractivity contribution in [3.63, 3.8) is 0 Å². The van der Waals surface area contributed by atoms with Crippen LogP contribution in [0.25, 0.3) is 44.1 Å². The van der Waals surface area contributed by atoms with E-state index in [-0.39, 0.29) is 0 Å². The molecule has 0 aliphatic carbocycles. The van der Waals surface area contributed by atoms with Crippen molar-refractivity contribution >= 4 is 21.5 Å². The molecule has 0 saturated heterocycles. The topological polar surface area (TPSA) is 38.9 Å². The third-order valence-electron chi connectivity index (χ3n) is 7.20. The van der Waals surface area contributed by atoms with Crippen LogP contribution in [0, 0.1) is 0 Å². The zero-order valence-corrected chi connectivity index (χ0v) is 19.8. The van der Waals surface area contributed by atoms with Crippen LogP contribution in [0.5, 0.6) is 0 Å². The van der Waals surface area contributed by atoms with Crippen molar-refractivity contribution in [2.24, 2.45) is 0 Å². The van der Waals surface area contributed by atoms with Gasteiger partial charge < -0.3 is 0 Å². The van der Waals surface area contributed by atoms with E-state index in [1.54, 1.807) is 0 Å². The van der Waals surface area contributed by atoms with Crippen molar-refractivity contribution in [3.8, 4) is 22.5 Å². The van der Waals surface area contributed by atoms with Gasteiger partial charge in [0.05, 0.1) is 0 Å². The van der Waals surface area contributed by atoms with E-state index in [4.69, 9.17) is 4.63 Å². The highest BCUT2D eigenvalue weighted by atomic mass is 16.6. The quantitative estimate of drug-likeness (QED) is 0.268. The van der Waals surface area contributed by atoms with Gasteiger partial charge in [-0.05, 0) is 67.7 Å². The average Bonchev–Trinajstić information content (AvgIpc) is 3.35. The number of hydrogen-bond donors (Lipinski definition) is 0. The molecule has 0 bridgehead atoms. The van der Waals surface area contributed by atoms with Gasteiger partial charge in [0.2, 0.25) is 0 Å². The van der Waals surface area contributed by atoms with E-state index >= 15 is 0 Å². The second-order valence-electron chi connectivity index (χ2n) is 9.08. The van der Waals surface area contributed by atoms with Crippen LogP contribution in [0.3, 0.4) is 0 Å². The summed E-state index contributed by atoms with van der Waals surface area (Å²) < 4.78 is 5.35. The molecule has 0 spiro atoms. The highest BCUT2D eigenvalue weighted by molar-refractivity contribution is 6.04. The van der Waals surface area contributed by atoms with Crippen LogP contribution in [0.2, 0.25) is 0 Å². The molecule has 33 heavy (non-hydrogen) atoms. The van der Waals surface area contributed by atoms with Gasteiger partial charge in [-0.3, -0.25) is 0 Å². The van der Waals surface area contributed by atoms with Gasteiger partial charge in [0.15, 0.2) is 0 Å². The first kappa shape index (κ1) is 21.4. The van der Waals surface area contributed by atoms with Gasteiger partial charge in [0, 0.05) is 11.1 Å². The standard InChI is InChI=1S/C30H30N2O/c1-5-19(3)21-15-17-27(25-13-9-7-11-23(21)25)29-30(32-33-31-29)28-18-16-22(20(4)6-2)24-12-8-10-14-26(24)28/h7-20H,5-6H2,1-4H3. The first-order valence-corrected chi connectivity index (χ1v) is 12.0. The third-order valence-corrected chi connectivity index (χ3v) is 7.20. The Balaban J connectivity index is 1.73. The molecule has 3 nitrogen and oxygen atoms in total. The zero-order valence-electron chi connectivity index (χ0n) is 19.8. The van der Waals surface area contributed by atoms with Gasteiger partial charge in [0.25, 0.3) is 0 Å². The predicted molar refractivity (Wildman–Crippen MR) is 138 cm³/mol. The summed E-state index contributed by atoms with van der Waals surface area (Å²) in [5.74, 6) is 0.992. The summed E-state index contributed by atoms with van der Waals surface area (Å²) in [6, 6.07) is 26.0. The van der Waals surface area contributed by atoms with Crippen LogP contribution in [-0.4, -0.2) is 10.3 Å². The lowest BCUT2D eigenvalue weighted by Crippen LogP contribution is -1.96. The van der Waals surface area contributed by atoms with Crippen LogP contribution in [0.1, 0.15) is 63.5 Å². The summed E-state index contributed by atoms with van der Waals surface area (Å²) in [5, 5.41) is 13.7. The van der Waals surface area contributed by atoms with Crippen molar-refractivity contribution in [2.45, 2.75) is 52.4 Å². The molecular weight excluding hydrogens is 404 g/mol. The minimum Gasteiger partial charge on any atom is -0.243 e. The Bertz CT molecular complexity index is 1320. The molecule has 166 valence electrons. The Labute approximate surface area is 195 Å². The van der Waals surface area contributed by atoms with Gasteiger partial charge in [-0.1, -0.05) is 100 Å². The van der Waals surface area contributed by atoms with E-state index < -0.39 is 0 Å². The van der Waals surface area contributed by atoms with E-state index in [0.29, 0.717) is 11.8 Å². The van der Waals surface area contributed by atoms with E-state index in [0.717, 1.165) is 35.4 Å². The van der Waals surface area contributed by atoms with Crippen molar-refractivity contribution in [2.75, 3.05) is 0 Å². The van der Waals surface area contributed by atoms with Gasteiger partial charge in [-0.15, -0.1) is 0 Å².